The average Bonchev–Trinajstić information content (AvgIpc) is 2.68. The molecule has 0 spiro atoms. The summed E-state index contributed by atoms with van der Waals surface area (Å²) in [6, 6.07) is 8.71. The molecule has 1 aromatic carbocycles. The van der Waals surface area contributed by atoms with Gasteiger partial charge in [0.2, 0.25) is 0 Å². The lowest BCUT2D eigenvalue weighted by molar-refractivity contribution is 0.118. The molecule has 88 valence electrons. The third-order valence-corrected chi connectivity index (χ3v) is 3.55. The van der Waals surface area contributed by atoms with Crippen molar-refractivity contribution in [2.24, 2.45) is 11.7 Å². The molecule has 1 aromatic rings. The van der Waals surface area contributed by atoms with Crippen LogP contribution in [0.4, 0.5) is 0 Å². The van der Waals surface area contributed by atoms with Gasteiger partial charge in [0.15, 0.2) is 0 Å². The molecule has 2 heteroatoms. The highest BCUT2D eigenvalue weighted by Crippen LogP contribution is 2.23. The Hall–Kier alpha value is -0.860. The van der Waals surface area contributed by atoms with Gasteiger partial charge in [0.1, 0.15) is 0 Å². The second-order valence-corrected chi connectivity index (χ2v) is 4.93. The van der Waals surface area contributed by atoms with E-state index >= 15 is 0 Å². The molecule has 0 bridgehead atoms. The molecule has 2 rings (SSSR count). The van der Waals surface area contributed by atoms with Crippen LogP contribution in [-0.4, -0.2) is 18.8 Å². The topological polar surface area (TPSA) is 35.2 Å². The summed E-state index contributed by atoms with van der Waals surface area (Å²) >= 11 is 0. The highest BCUT2D eigenvalue weighted by Gasteiger charge is 2.27. The summed E-state index contributed by atoms with van der Waals surface area (Å²) in [6.07, 6.45) is 2.45. The predicted molar refractivity (Wildman–Crippen MR) is 66.4 cm³/mol. The minimum Gasteiger partial charge on any atom is -0.378 e. The zero-order valence-electron chi connectivity index (χ0n) is 10.1. The molecule has 1 fully saturated rings. The highest BCUT2D eigenvalue weighted by atomic mass is 16.5. The maximum atomic E-state index is 6.26. The average molecular weight is 219 g/mol. The van der Waals surface area contributed by atoms with E-state index in [9.17, 15) is 0 Å². The molecule has 0 saturated carbocycles. The number of ether oxygens (including phenoxy) is 1. The van der Waals surface area contributed by atoms with Gasteiger partial charge in [0.25, 0.3) is 0 Å². The van der Waals surface area contributed by atoms with Crippen LogP contribution in [0.1, 0.15) is 24.5 Å². The Balaban J connectivity index is 1.97. The van der Waals surface area contributed by atoms with Crippen LogP contribution in [0.2, 0.25) is 0 Å². The molecule has 1 heterocycles. The van der Waals surface area contributed by atoms with E-state index in [-0.39, 0.29) is 6.04 Å². The zero-order chi connectivity index (χ0) is 11.5. The van der Waals surface area contributed by atoms with Crippen LogP contribution < -0.4 is 5.73 Å². The number of hydrogen-bond donors (Lipinski definition) is 1. The normalized spacial score (nSPS) is 26.9. The Bertz CT molecular complexity index is 350. The molecule has 16 heavy (non-hydrogen) atoms. The predicted octanol–water partition coefficient (Wildman–Crippen LogP) is 2.29. The first-order valence-electron chi connectivity index (χ1n) is 6.08. The summed E-state index contributed by atoms with van der Waals surface area (Å²) in [5, 5.41) is 0. The number of nitrogens with two attached hydrogens (primary N) is 1. The molecule has 0 aliphatic carbocycles. The summed E-state index contributed by atoms with van der Waals surface area (Å²) in [5.41, 5.74) is 8.97. The summed E-state index contributed by atoms with van der Waals surface area (Å²) in [6.45, 7) is 5.10. The zero-order valence-corrected chi connectivity index (χ0v) is 10.1. The SMILES string of the molecule is Cc1ccccc1CC(N)C1COC(C)C1. The summed E-state index contributed by atoms with van der Waals surface area (Å²) in [4.78, 5) is 0. The molecule has 2 nitrogen and oxygen atoms in total. The van der Waals surface area contributed by atoms with E-state index in [0.29, 0.717) is 12.0 Å². The lowest BCUT2D eigenvalue weighted by Gasteiger charge is -2.18. The van der Waals surface area contributed by atoms with Crippen LogP contribution in [0.15, 0.2) is 24.3 Å². The number of hydrogen-bond acceptors (Lipinski definition) is 2. The quantitative estimate of drug-likeness (QED) is 0.846. The molecule has 0 amide bonds. The first-order chi connectivity index (χ1) is 7.66. The number of aryl methyl sites for hydroxylation is 1. The van der Waals surface area contributed by atoms with Gasteiger partial charge in [-0.2, -0.15) is 0 Å². The van der Waals surface area contributed by atoms with Crippen molar-refractivity contribution in [1.29, 1.82) is 0 Å². The van der Waals surface area contributed by atoms with E-state index in [1.165, 1.54) is 11.1 Å². The Morgan fingerprint density at radius 2 is 2.19 bits per heavy atom. The Morgan fingerprint density at radius 3 is 2.81 bits per heavy atom. The maximum Gasteiger partial charge on any atom is 0.0551 e. The van der Waals surface area contributed by atoms with Gasteiger partial charge in [-0.1, -0.05) is 24.3 Å². The van der Waals surface area contributed by atoms with Gasteiger partial charge < -0.3 is 10.5 Å². The van der Waals surface area contributed by atoms with Crippen molar-refractivity contribution in [3.05, 3.63) is 35.4 Å². The molecule has 0 radical (unpaired) electrons. The summed E-state index contributed by atoms with van der Waals surface area (Å²) < 4.78 is 5.57. The van der Waals surface area contributed by atoms with E-state index in [1.807, 2.05) is 0 Å². The second kappa shape index (κ2) is 4.98. The molecular formula is C14H21NO. The first kappa shape index (κ1) is 11.6. The molecule has 0 aromatic heterocycles. The molecule has 2 N–H and O–H groups in total. The smallest absolute Gasteiger partial charge is 0.0551 e. The van der Waals surface area contributed by atoms with Crippen LogP contribution in [0, 0.1) is 12.8 Å². The fourth-order valence-corrected chi connectivity index (χ4v) is 2.41. The second-order valence-electron chi connectivity index (χ2n) is 4.93. The number of rotatable bonds is 3. The third kappa shape index (κ3) is 2.63. The summed E-state index contributed by atoms with van der Waals surface area (Å²) in [7, 11) is 0. The first-order valence-corrected chi connectivity index (χ1v) is 6.08. The number of benzene rings is 1. The van der Waals surface area contributed by atoms with Crippen molar-refractivity contribution in [1.82, 2.24) is 0 Å². The largest absolute Gasteiger partial charge is 0.378 e. The van der Waals surface area contributed by atoms with Crippen LogP contribution in [0.5, 0.6) is 0 Å². The lowest BCUT2D eigenvalue weighted by atomic mass is 9.91. The molecular weight excluding hydrogens is 198 g/mol. The van der Waals surface area contributed by atoms with Gasteiger partial charge in [-0.25, -0.2) is 0 Å². The molecule has 1 aliphatic rings. The molecule has 3 unspecified atom stereocenters. The maximum absolute atomic E-state index is 6.26. The van der Waals surface area contributed by atoms with Crippen LogP contribution >= 0.6 is 0 Å². The molecule has 1 aliphatic heterocycles. The third-order valence-electron chi connectivity index (χ3n) is 3.55. The minimum atomic E-state index is 0.228. The highest BCUT2D eigenvalue weighted by molar-refractivity contribution is 5.26. The molecule has 1 saturated heterocycles. The lowest BCUT2D eigenvalue weighted by Crippen LogP contribution is -2.32. The van der Waals surface area contributed by atoms with Crippen LogP contribution in [0.25, 0.3) is 0 Å². The van der Waals surface area contributed by atoms with Gasteiger partial charge in [0.05, 0.1) is 12.7 Å². The Labute approximate surface area is 97.8 Å². The van der Waals surface area contributed by atoms with E-state index in [2.05, 4.69) is 38.1 Å². The van der Waals surface area contributed by atoms with Crippen molar-refractivity contribution >= 4 is 0 Å². The Kier molecular flexibility index (Phi) is 3.62. The van der Waals surface area contributed by atoms with Gasteiger partial charge in [-0.3, -0.25) is 0 Å². The van der Waals surface area contributed by atoms with Crippen molar-refractivity contribution in [3.63, 3.8) is 0 Å². The Morgan fingerprint density at radius 1 is 1.44 bits per heavy atom. The minimum absolute atomic E-state index is 0.228. The van der Waals surface area contributed by atoms with Crippen molar-refractivity contribution in [2.45, 2.75) is 38.8 Å². The summed E-state index contributed by atoms with van der Waals surface area (Å²) in [5.74, 6) is 0.523. The fraction of sp³-hybridized carbons (Fsp3) is 0.571. The fourth-order valence-electron chi connectivity index (χ4n) is 2.41. The monoisotopic (exact) mass is 219 g/mol. The van der Waals surface area contributed by atoms with Gasteiger partial charge in [-0.05, 0) is 37.8 Å². The van der Waals surface area contributed by atoms with Gasteiger partial charge >= 0.3 is 0 Å². The van der Waals surface area contributed by atoms with Crippen molar-refractivity contribution in [2.75, 3.05) is 6.61 Å². The van der Waals surface area contributed by atoms with Gasteiger partial charge in [-0.15, -0.1) is 0 Å². The van der Waals surface area contributed by atoms with Crippen LogP contribution in [0.3, 0.4) is 0 Å². The van der Waals surface area contributed by atoms with Crippen molar-refractivity contribution < 1.29 is 4.74 Å². The van der Waals surface area contributed by atoms with E-state index in [0.717, 1.165) is 19.4 Å². The van der Waals surface area contributed by atoms with Gasteiger partial charge in [0, 0.05) is 12.0 Å². The van der Waals surface area contributed by atoms with Crippen molar-refractivity contribution in [3.8, 4) is 0 Å². The van der Waals surface area contributed by atoms with E-state index < -0.39 is 0 Å². The molecule has 3 atom stereocenters. The van der Waals surface area contributed by atoms with Crippen LogP contribution in [-0.2, 0) is 11.2 Å². The van der Waals surface area contributed by atoms with E-state index in [4.69, 9.17) is 10.5 Å². The standard InChI is InChI=1S/C14H21NO/c1-10-5-3-4-6-12(10)8-14(15)13-7-11(2)16-9-13/h3-6,11,13-14H,7-9,15H2,1-2H3. The van der Waals surface area contributed by atoms with E-state index in [1.54, 1.807) is 0 Å².